The van der Waals surface area contributed by atoms with E-state index < -0.39 is 5.97 Å². The number of ether oxygens (including phenoxy) is 2. The van der Waals surface area contributed by atoms with E-state index >= 15 is 0 Å². The molecule has 1 heterocycles. The van der Waals surface area contributed by atoms with E-state index in [4.69, 9.17) is 20.3 Å². The summed E-state index contributed by atoms with van der Waals surface area (Å²) < 4.78 is 10.7. The van der Waals surface area contributed by atoms with Gasteiger partial charge in [-0.2, -0.15) is 0 Å². The second-order valence-electron chi connectivity index (χ2n) is 3.63. The molecule has 0 aromatic heterocycles. The van der Waals surface area contributed by atoms with Gasteiger partial charge in [0.25, 0.3) is 0 Å². The Hall–Kier alpha value is -1.75. The molecule has 0 aliphatic carbocycles. The van der Waals surface area contributed by atoms with E-state index in [1.807, 2.05) is 0 Å². The van der Waals surface area contributed by atoms with Gasteiger partial charge >= 0.3 is 5.97 Å². The van der Waals surface area contributed by atoms with Crippen LogP contribution in [-0.4, -0.2) is 30.4 Å². The smallest absolute Gasteiger partial charge is 0.337 e. The number of aromatic carboxylic acids is 1. The highest BCUT2D eigenvalue weighted by molar-refractivity contribution is 5.95. The molecule has 5 nitrogen and oxygen atoms in total. The van der Waals surface area contributed by atoms with Gasteiger partial charge in [-0.3, -0.25) is 0 Å². The Balaban J connectivity index is 2.20. The fourth-order valence-corrected chi connectivity index (χ4v) is 1.62. The molecule has 16 heavy (non-hydrogen) atoms. The van der Waals surface area contributed by atoms with Crippen molar-refractivity contribution in [3.05, 3.63) is 23.8 Å². The maximum absolute atomic E-state index is 10.9. The number of carboxylic acid groups (broad SMARTS) is 1. The number of para-hydroxylation sites is 1. The molecule has 1 aliphatic heterocycles. The van der Waals surface area contributed by atoms with E-state index in [-0.39, 0.29) is 17.4 Å². The van der Waals surface area contributed by atoms with E-state index in [9.17, 15) is 4.79 Å². The first-order chi connectivity index (χ1) is 7.68. The van der Waals surface area contributed by atoms with Gasteiger partial charge in [-0.15, -0.1) is 0 Å². The fourth-order valence-electron chi connectivity index (χ4n) is 1.62. The zero-order chi connectivity index (χ0) is 11.5. The highest BCUT2D eigenvalue weighted by Gasteiger charge is 2.19. The maximum Gasteiger partial charge on any atom is 0.337 e. The Labute approximate surface area is 92.8 Å². The molecule has 3 N–H and O–H groups in total. The van der Waals surface area contributed by atoms with E-state index in [1.165, 1.54) is 6.07 Å². The number of benzene rings is 1. The summed E-state index contributed by atoms with van der Waals surface area (Å²) >= 11 is 0. The summed E-state index contributed by atoms with van der Waals surface area (Å²) in [7, 11) is 0. The van der Waals surface area contributed by atoms with Crippen LogP contribution in [0.4, 0.5) is 5.69 Å². The Kier molecular flexibility index (Phi) is 2.96. The summed E-state index contributed by atoms with van der Waals surface area (Å²) in [4.78, 5) is 10.9. The number of anilines is 1. The van der Waals surface area contributed by atoms with Crippen LogP contribution in [0.15, 0.2) is 18.2 Å². The van der Waals surface area contributed by atoms with Crippen LogP contribution >= 0.6 is 0 Å². The van der Waals surface area contributed by atoms with Crippen LogP contribution < -0.4 is 10.5 Å². The van der Waals surface area contributed by atoms with E-state index in [0.29, 0.717) is 19.0 Å². The highest BCUT2D eigenvalue weighted by atomic mass is 16.5. The quantitative estimate of drug-likeness (QED) is 0.751. The zero-order valence-corrected chi connectivity index (χ0v) is 8.68. The van der Waals surface area contributed by atoms with Crippen LogP contribution in [0.25, 0.3) is 0 Å². The van der Waals surface area contributed by atoms with Crippen molar-refractivity contribution >= 4 is 11.7 Å². The largest absolute Gasteiger partial charge is 0.486 e. The summed E-state index contributed by atoms with van der Waals surface area (Å²) in [5, 5.41) is 8.89. The molecular weight excluding hydrogens is 210 g/mol. The van der Waals surface area contributed by atoms with Crippen LogP contribution in [0.2, 0.25) is 0 Å². The third-order valence-electron chi connectivity index (χ3n) is 2.48. The number of rotatable bonds is 3. The van der Waals surface area contributed by atoms with Gasteiger partial charge in [-0.25, -0.2) is 4.79 Å². The molecule has 1 aliphatic rings. The Bertz CT molecular complexity index is 399. The molecule has 1 aromatic carbocycles. The summed E-state index contributed by atoms with van der Waals surface area (Å²) in [6.07, 6.45) is 0.767. The normalized spacial score (nSPS) is 19.6. The molecular formula is C11H13NO4. The van der Waals surface area contributed by atoms with Crippen molar-refractivity contribution in [3.63, 3.8) is 0 Å². The summed E-state index contributed by atoms with van der Waals surface area (Å²) in [6.45, 7) is 1.19. The first-order valence-corrected chi connectivity index (χ1v) is 5.04. The Morgan fingerprint density at radius 1 is 1.56 bits per heavy atom. The third-order valence-corrected chi connectivity index (χ3v) is 2.48. The lowest BCUT2D eigenvalue weighted by molar-refractivity contribution is 0.0697. The lowest BCUT2D eigenvalue weighted by Gasteiger charge is -2.14. The van der Waals surface area contributed by atoms with Crippen molar-refractivity contribution in [2.45, 2.75) is 12.5 Å². The van der Waals surface area contributed by atoms with Crippen LogP contribution in [0, 0.1) is 0 Å². The minimum absolute atomic E-state index is 0.0358. The van der Waals surface area contributed by atoms with Crippen LogP contribution in [0.1, 0.15) is 16.8 Å². The Morgan fingerprint density at radius 3 is 3.00 bits per heavy atom. The topological polar surface area (TPSA) is 81.8 Å². The van der Waals surface area contributed by atoms with Crippen LogP contribution in [0.3, 0.4) is 0 Å². The molecule has 1 saturated heterocycles. The van der Waals surface area contributed by atoms with Gasteiger partial charge in [-0.05, 0) is 12.1 Å². The van der Waals surface area contributed by atoms with Gasteiger partial charge < -0.3 is 20.3 Å². The van der Waals surface area contributed by atoms with Crippen molar-refractivity contribution in [2.75, 3.05) is 18.9 Å². The maximum atomic E-state index is 10.9. The predicted molar refractivity (Wildman–Crippen MR) is 57.7 cm³/mol. The number of hydrogen-bond acceptors (Lipinski definition) is 4. The summed E-state index contributed by atoms with van der Waals surface area (Å²) in [5.74, 6) is -0.638. The average Bonchev–Trinajstić information content (AvgIpc) is 2.73. The van der Waals surface area contributed by atoms with Gasteiger partial charge in [0.05, 0.1) is 24.5 Å². The Morgan fingerprint density at radius 2 is 2.38 bits per heavy atom. The van der Waals surface area contributed by atoms with E-state index in [1.54, 1.807) is 12.1 Å². The van der Waals surface area contributed by atoms with Gasteiger partial charge in [0, 0.05) is 6.42 Å². The second-order valence-corrected chi connectivity index (χ2v) is 3.63. The molecule has 0 saturated carbocycles. The summed E-state index contributed by atoms with van der Waals surface area (Å²) in [5.41, 5.74) is 5.95. The molecule has 1 fully saturated rings. The third kappa shape index (κ3) is 2.09. The lowest BCUT2D eigenvalue weighted by Crippen LogP contribution is -2.17. The minimum atomic E-state index is -1.05. The number of nitrogen functional groups attached to an aromatic ring is 1. The van der Waals surface area contributed by atoms with Gasteiger partial charge in [-0.1, -0.05) is 6.07 Å². The molecule has 86 valence electrons. The fraction of sp³-hybridized carbons (Fsp3) is 0.364. The minimum Gasteiger partial charge on any atom is -0.486 e. The number of carbonyl (C=O) groups is 1. The molecule has 0 radical (unpaired) electrons. The first kappa shape index (κ1) is 10.8. The van der Waals surface area contributed by atoms with Crippen LogP contribution in [0.5, 0.6) is 5.75 Å². The molecule has 5 heteroatoms. The van der Waals surface area contributed by atoms with E-state index in [2.05, 4.69) is 0 Å². The molecule has 2 rings (SSSR count). The zero-order valence-electron chi connectivity index (χ0n) is 8.68. The monoisotopic (exact) mass is 223 g/mol. The predicted octanol–water partition coefficient (Wildman–Crippen LogP) is 1.13. The number of hydrogen-bond donors (Lipinski definition) is 2. The molecule has 0 amide bonds. The second kappa shape index (κ2) is 4.40. The van der Waals surface area contributed by atoms with Gasteiger partial charge in [0.1, 0.15) is 11.9 Å². The van der Waals surface area contributed by atoms with Crippen molar-refractivity contribution < 1.29 is 19.4 Å². The molecule has 0 spiro atoms. The van der Waals surface area contributed by atoms with Crippen LogP contribution in [-0.2, 0) is 4.74 Å². The number of carboxylic acids is 1. The standard InChI is InChI=1S/C11H13NO4/c12-10-8(11(13)14)2-1-3-9(10)16-7-4-5-15-6-7/h1-3,7H,4-6,12H2,(H,13,14). The average molecular weight is 223 g/mol. The van der Waals surface area contributed by atoms with Crippen molar-refractivity contribution in [1.82, 2.24) is 0 Å². The lowest BCUT2D eigenvalue weighted by atomic mass is 10.1. The highest BCUT2D eigenvalue weighted by Crippen LogP contribution is 2.27. The SMILES string of the molecule is Nc1c(OC2CCOC2)cccc1C(=O)O. The molecule has 0 bridgehead atoms. The van der Waals surface area contributed by atoms with E-state index in [0.717, 1.165) is 6.42 Å². The van der Waals surface area contributed by atoms with Crippen molar-refractivity contribution in [3.8, 4) is 5.75 Å². The molecule has 1 unspecified atom stereocenters. The van der Waals surface area contributed by atoms with Crippen molar-refractivity contribution in [2.24, 2.45) is 0 Å². The first-order valence-electron chi connectivity index (χ1n) is 5.04. The number of nitrogens with two attached hydrogens (primary N) is 1. The molecule has 1 aromatic rings. The van der Waals surface area contributed by atoms with Crippen molar-refractivity contribution in [1.29, 1.82) is 0 Å². The summed E-state index contributed by atoms with van der Waals surface area (Å²) in [6, 6.07) is 4.74. The van der Waals surface area contributed by atoms with Gasteiger partial charge in [0.2, 0.25) is 0 Å². The molecule has 1 atom stereocenters. The van der Waals surface area contributed by atoms with Gasteiger partial charge in [0.15, 0.2) is 0 Å².